The molecule has 4 nitrogen and oxygen atoms in total. The van der Waals surface area contributed by atoms with E-state index >= 15 is 0 Å². The smallest absolute Gasteiger partial charge is 0.252 e. The third-order valence-corrected chi connectivity index (χ3v) is 3.30. The van der Waals surface area contributed by atoms with E-state index in [9.17, 15) is 9.59 Å². The molecule has 0 radical (unpaired) electrons. The van der Waals surface area contributed by atoms with Crippen LogP contribution in [0.2, 0.25) is 0 Å². The van der Waals surface area contributed by atoms with Gasteiger partial charge in [0.05, 0.1) is 0 Å². The van der Waals surface area contributed by atoms with Crippen molar-refractivity contribution >= 4 is 43.7 Å². The van der Waals surface area contributed by atoms with Crippen LogP contribution in [0.15, 0.2) is 27.1 Å². The SMILES string of the molecule is CC(C)[C@H](NC(=O)c1cc(Br)cc(Br)c1)C(N)=O. The van der Waals surface area contributed by atoms with Gasteiger partial charge in [0.1, 0.15) is 6.04 Å². The summed E-state index contributed by atoms with van der Waals surface area (Å²) in [5.41, 5.74) is 5.71. The number of amides is 2. The van der Waals surface area contributed by atoms with Gasteiger partial charge >= 0.3 is 0 Å². The van der Waals surface area contributed by atoms with Crippen molar-refractivity contribution < 1.29 is 9.59 Å². The highest BCUT2D eigenvalue weighted by molar-refractivity contribution is 9.11. The summed E-state index contributed by atoms with van der Waals surface area (Å²) in [6, 6.07) is 4.51. The second kappa shape index (κ2) is 6.33. The van der Waals surface area contributed by atoms with E-state index in [0.29, 0.717) is 5.56 Å². The van der Waals surface area contributed by atoms with Gasteiger partial charge in [-0.05, 0) is 24.1 Å². The monoisotopic (exact) mass is 376 g/mol. The Balaban J connectivity index is 2.90. The second-order valence-corrected chi connectivity index (χ2v) is 6.09. The van der Waals surface area contributed by atoms with Crippen molar-refractivity contribution in [3.05, 3.63) is 32.7 Å². The lowest BCUT2D eigenvalue weighted by Gasteiger charge is -2.19. The van der Waals surface area contributed by atoms with Gasteiger partial charge in [0, 0.05) is 14.5 Å². The van der Waals surface area contributed by atoms with Gasteiger partial charge in [-0.1, -0.05) is 45.7 Å². The Bertz CT molecular complexity index is 455. The van der Waals surface area contributed by atoms with Crippen molar-refractivity contribution in [3.8, 4) is 0 Å². The van der Waals surface area contributed by atoms with Crippen molar-refractivity contribution in [2.45, 2.75) is 19.9 Å². The van der Waals surface area contributed by atoms with Crippen LogP contribution in [0.5, 0.6) is 0 Å². The van der Waals surface area contributed by atoms with E-state index in [1.165, 1.54) is 0 Å². The van der Waals surface area contributed by atoms with Gasteiger partial charge in [-0.2, -0.15) is 0 Å². The second-order valence-electron chi connectivity index (χ2n) is 4.26. The molecular formula is C12H14Br2N2O2. The van der Waals surface area contributed by atoms with Crippen LogP contribution in [0, 0.1) is 5.92 Å². The molecule has 1 aromatic rings. The minimum Gasteiger partial charge on any atom is -0.368 e. The molecule has 0 unspecified atom stereocenters. The maximum Gasteiger partial charge on any atom is 0.252 e. The van der Waals surface area contributed by atoms with E-state index in [1.807, 2.05) is 19.9 Å². The molecule has 1 atom stereocenters. The fourth-order valence-corrected chi connectivity index (χ4v) is 2.77. The number of carbonyl (C=O) groups excluding carboxylic acids is 2. The first-order chi connectivity index (χ1) is 8.31. The Hall–Kier alpha value is -0.880. The molecule has 0 spiro atoms. The number of benzene rings is 1. The molecule has 0 heterocycles. The fourth-order valence-electron chi connectivity index (χ4n) is 1.48. The van der Waals surface area contributed by atoms with E-state index in [2.05, 4.69) is 37.2 Å². The summed E-state index contributed by atoms with van der Waals surface area (Å²) in [7, 11) is 0. The van der Waals surface area contributed by atoms with E-state index in [1.54, 1.807) is 12.1 Å². The fraction of sp³-hybridized carbons (Fsp3) is 0.333. The number of carbonyl (C=O) groups is 2. The molecule has 0 aliphatic carbocycles. The molecule has 1 rings (SSSR count). The van der Waals surface area contributed by atoms with Crippen molar-refractivity contribution in [1.29, 1.82) is 0 Å². The molecule has 0 saturated heterocycles. The van der Waals surface area contributed by atoms with Gasteiger partial charge < -0.3 is 11.1 Å². The van der Waals surface area contributed by atoms with Crippen LogP contribution in [-0.4, -0.2) is 17.9 Å². The van der Waals surface area contributed by atoms with Crippen LogP contribution in [0.1, 0.15) is 24.2 Å². The minimum atomic E-state index is -0.671. The zero-order chi connectivity index (χ0) is 13.9. The van der Waals surface area contributed by atoms with Crippen LogP contribution in [-0.2, 0) is 4.79 Å². The summed E-state index contributed by atoms with van der Waals surface area (Å²) in [6.07, 6.45) is 0. The number of nitrogens with one attached hydrogen (secondary N) is 1. The molecule has 0 saturated carbocycles. The number of hydrogen-bond acceptors (Lipinski definition) is 2. The Kier molecular flexibility index (Phi) is 5.34. The number of primary amides is 1. The van der Waals surface area contributed by atoms with Crippen molar-refractivity contribution in [2.24, 2.45) is 11.7 Å². The molecule has 0 fully saturated rings. The molecule has 6 heteroatoms. The summed E-state index contributed by atoms with van der Waals surface area (Å²) in [5.74, 6) is -0.913. The molecule has 1 aromatic carbocycles. The maximum absolute atomic E-state index is 12.0. The Morgan fingerprint density at radius 2 is 1.67 bits per heavy atom. The predicted molar refractivity (Wildman–Crippen MR) is 77.1 cm³/mol. The number of hydrogen-bond donors (Lipinski definition) is 2. The highest BCUT2D eigenvalue weighted by Crippen LogP contribution is 2.20. The average Bonchev–Trinajstić information content (AvgIpc) is 2.23. The highest BCUT2D eigenvalue weighted by atomic mass is 79.9. The largest absolute Gasteiger partial charge is 0.368 e. The van der Waals surface area contributed by atoms with E-state index in [-0.39, 0.29) is 11.8 Å². The van der Waals surface area contributed by atoms with Gasteiger partial charge in [0.2, 0.25) is 5.91 Å². The van der Waals surface area contributed by atoms with Crippen LogP contribution < -0.4 is 11.1 Å². The quantitative estimate of drug-likeness (QED) is 0.845. The molecule has 2 amide bonds. The molecule has 98 valence electrons. The van der Waals surface area contributed by atoms with Gasteiger partial charge in [-0.3, -0.25) is 9.59 Å². The summed E-state index contributed by atoms with van der Waals surface area (Å²) >= 11 is 6.61. The zero-order valence-corrected chi connectivity index (χ0v) is 13.2. The first-order valence-corrected chi connectivity index (χ1v) is 6.96. The highest BCUT2D eigenvalue weighted by Gasteiger charge is 2.22. The average molecular weight is 378 g/mol. The Morgan fingerprint density at radius 3 is 2.06 bits per heavy atom. The van der Waals surface area contributed by atoms with Gasteiger partial charge in [0.15, 0.2) is 0 Å². The molecule has 0 aromatic heterocycles. The third-order valence-electron chi connectivity index (χ3n) is 2.38. The maximum atomic E-state index is 12.0. The first kappa shape index (κ1) is 15.2. The predicted octanol–water partition coefficient (Wildman–Crippen LogP) is 2.45. The molecule has 0 aliphatic heterocycles. The van der Waals surface area contributed by atoms with E-state index in [0.717, 1.165) is 8.95 Å². The Labute approximate surface area is 123 Å². The van der Waals surface area contributed by atoms with Gasteiger partial charge in [-0.15, -0.1) is 0 Å². The third kappa shape index (κ3) is 4.10. The molecule has 0 aliphatic rings. The van der Waals surface area contributed by atoms with Crippen LogP contribution in [0.4, 0.5) is 0 Å². The number of halogens is 2. The van der Waals surface area contributed by atoms with Crippen molar-refractivity contribution in [1.82, 2.24) is 5.32 Å². The summed E-state index contributed by atoms with van der Waals surface area (Å²) in [5, 5.41) is 2.63. The molecule has 0 bridgehead atoms. The van der Waals surface area contributed by atoms with Crippen LogP contribution in [0.3, 0.4) is 0 Å². The molecule has 18 heavy (non-hydrogen) atoms. The number of rotatable bonds is 4. The standard InChI is InChI=1S/C12H14Br2N2O2/c1-6(2)10(11(15)17)16-12(18)7-3-8(13)5-9(14)4-7/h3-6,10H,1-2H3,(H2,15,17)(H,16,18)/t10-/m0/s1. The van der Waals surface area contributed by atoms with Crippen LogP contribution >= 0.6 is 31.9 Å². The van der Waals surface area contributed by atoms with E-state index in [4.69, 9.17) is 5.73 Å². The van der Waals surface area contributed by atoms with Crippen LogP contribution in [0.25, 0.3) is 0 Å². The summed E-state index contributed by atoms with van der Waals surface area (Å²) < 4.78 is 1.56. The molecule has 3 N–H and O–H groups in total. The van der Waals surface area contributed by atoms with Gasteiger partial charge in [0.25, 0.3) is 5.91 Å². The lowest BCUT2D eigenvalue weighted by atomic mass is 10.0. The van der Waals surface area contributed by atoms with Crippen molar-refractivity contribution in [3.63, 3.8) is 0 Å². The normalized spacial score (nSPS) is 12.3. The minimum absolute atomic E-state index is 0.0537. The molecular weight excluding hydrogens is 364 g/mol. The lowest BCUT2D eigenvalue weighted by Crippen LogP contribution is -2.47. The zero-order valence-electron chi connectivity index (χ0n) is 10.0. The Morgan fingerprint density at radius 1 is 1.17 bits per heavy atom. The summed E-state index contributed by atoms with van der Waals surface area (Å²) in [4.78, 5) is 23.2. The topological polar surface area (TPSA) is 72.2 Å². The van der Waals surface area contributed by atoms with Crippen molar-refractivity contribution in [2.75, 3.05) is 0 Å². The first-order valence-electron chi connectivity index (χ1n) is 5.37. The lowest BCUT2D eigenvalue weighted by molar-refractivity contribution is -0.120. The van der Waals surface area contributed by atoms with Gasteiger partial charge in [-0.25, -0.2) is 0 Å². The number of nitrogens with two attached hydrogens (primary N) is 1. The van der Waals surface area contributed by atoms with E-state index < -0.39 is 11.9 Å². The summed E-state index contributed by atoms with van der Waals surface area (Å²) in [6.45, 7) is 3.65.